The lowest BCUT2D eigenvalue weighted by Gasteiger charge is -2.37. The van der Waals surface area contributed by atoms with Gasteiger partial charge in [-0.3, -0.25) is 9.69 Å². The van der Waals surface area contributed by atoms with Gasteiger partial charge in [-0.2, -0.15) is 0 Å². The molecule has 0 aromatic carbocycles. The highest BCUT2D eigenvalue weighted by Gasteiger charge is 2.24. The minimum atomic E-state index is -0.0390. The van der Waals surface area contributed by atoms with E-state index in [2.05, 4.69) is 23.8 Å². The summed E-state index contributed by atoms with van der Waals surface area (Å²) in [5.41, 5.74) is 0. The third-order valence-electron chi connectivity index (χ3n) is 3.90. The van der Waals surface area contributed by atoms with Gasteiger partial charge in [0.1, 0.15) is 0 Å². The Labute approximate surface area is 118 Å². The largest absolute Gasteiger partial charge is 0.466 e. The monoisotopic (exact) mass is 270 g/mol. The maximum Gasteiger partial charge on any atom is 0.307 e. The maximum absolute atomic E-state index is 11.7. The molecule has 1 unspecified atom stereocenters. The molecule has 4 nitrogen and oxygen atoms in total. The summed E-state index contributed by atoms with van der Waals surface area (Å²) in [6, 6.07) is 0.374. The normalized spacial score (nSPS) is 19.3. The molecule has 0 aromatic heterocycles. The highest BCUT2D eigenvalue weighted by Crippen LogP contribution is 2.16. The average Bonchev–Trinajstić information content (AvgIpc) is 2.39. The maximum atomic E-state index is 11.7. The van der Waals surface area contributed by atoms with Crippen molar-refractivity contribution in [3.8, 4) is 0 Å². The van der Waals surface area contributed by atoms with Crippen LogP contribution >= 0.6 is 0 Å². The third-order valence-corrected chi connectivity index (χ3v) is 3.90. The molecule has 1 aliphatic rings. The van der Waals surface area contributed by atoms with E-state index in [1.54, 1.807) is 0 Å². The van der Waals surface area contributed by atoms with Crippen molar-refractivity contribution in [3.63, 3.8) is 0 Å². The van der Waals surface area contributed by atoms with E-state index in [4.69, 9.17) is 4.74 Å². The van der Waals surface area contributed by atoms with Gasteiger partial charge in [0.05, 0.1) is 13.0 Å². The summed E-state index contributed by atoms with van der Waals surface area (Å²) in [6.45, 7) is 8.94. The van der Waals surface area contributed by atoms with E-state index in [-0.39, 0.29) is 5.97 Å². The summed E-state index contributed by atoms with van der Waals surface area (Å²) in [6.07, 6.45) is 5.38. The number of carbonyl (C=O) groups is 1. The van der Waals surface area contributed by atoms with E-state index in [1.807, 2.05) is 6.92 Å². The van der Waals surface area contributed by atoms with Gasteiger partial charge in [-0.15, -0.1) is 0 Å². The van der Waals surface area contributed by atoms with Crippen molar-refractivity contribution in [2.24, 2.45) is 0 Å². The minimum absolute atomic E-state index is 0.0390. The number of likely N-dealkylation sites (N-methyl/N-ethyl adjacent to an activating group) is 1. The lowest BCUT2D eigenvalue weighted by molar-refractivity contribution is -0.144. The molecule has 0 saturated carbocycles. The second kappa shape index (κ2) is 9.32. The van der Waals surface area contributed by atoms with Gasteiger partial charge in [0, 0.05) is 32.2 Å². The molecule has 4 heteroatoms. The van der Waals surface area contributed by atoms with Crippen LogP contribution in [0.2, 0.25) is 0 Å². The average molecular weight is 270 g/mol. The van der Waals surface area contributed by atoms with Gasteiger partial charge in [-0.05, 0) is 20.4 Å². The number of hydrogen-bond donors (Lipinski definition) is 0. The summed E-state index contributed by atoms with van der Waals surface area (Å²) < 4.78 is 5.11. The summed E-state index contributed by atoms with van der Waals surface area (Å²) in [5.74, 6) is -0.0390. The molecule has 112 valence electrons. The first kappa shape index (κ1) is 16.4. The first-order valence-electron chi connectivity index (χ1n) is 7.75. The van der Waals surface area contributed by atoms with E-state index >= 15 is 0 Å². The fourth-order valence-electron chi connectivity index (χ4n) is 2.64. The number of unbranched alkanes of at least 4 members (excludes halogenated alkanes) is 2. The van der Waals surface area contributed by atoms with E-state index in [1.165, 1.54) is 19.3 Å². The predicted molar refractivity (Wildman–Crippen MR) is 78.3 cm³/mol. The van der Waals surface area contributed by atoms with Gasteiger partial charge in [0.15, 0.2) is 0 Å². The van der Waals surface area contributed by atoms with Crippen LogP contribution in [0.4, 0.5) is 0 Å². The summed E-state index contributed by atoms with van der Waals surface area (Å²) in [4.78, 5) is 16.6. The highest BCUT2D eigenvalue weighted by atomic mass is 16.5. The zero-order valence-corrected chi connectivity index (χ0v) is 12.9. The van der Waals surface area contributed by atoms with Crippen LogP contribution in [-0.2, 0) is 9.53 Å². The Morgan fingerprint density at radius 2 is 1.84 bits per heavy atom. The van der Waals surface area contributed by atoms with Crippen LogP contribution in [0.15, 0.2) is 0 Å². The number of rotatable bonds is 8. The molecule has 1 aliphatic heterocycles. The number of ether oxygens (including phenoxy) is 1. The molecule has 0 radical (unpaired) electrons. The van der Waals surface area contributed by atoms with Crippen LogP contribution in [0, 0.1) is 0 Å². The summed E-state index contributed by atoms with van der Waals surface area (Å²) in [7, 11) is 2.16. The van der Waals surface area contributed by atoms with Crippen molar-refractivity contribution < 1.29 is 9.53 Å². The molecule has 1 heterocycles. The van der Waals surface area contributed by atoms with Crippen molar-refractivity contribution in [2.75, 3.05) is 39.8 Å². The standard InChI is InChI=1S/C15H30N2O2/c1-4-6-7-8-14(13-15(18)19-5-2)17-11-9-16(3)10-12-17/h14H,4-13H2,1-3H3. The molecule has 0 spiro atoms. The van der Waals surface area contributed by atoms with Crippen molar-refractivity contribution in [2.45, 2.75) is 52.0 Å². The Balaban J connectivity index is 2.45. The predicted octanol–water partition coefficient (Wildman–Crippen LogP) is 2.14. The lowest BCUT2D eigenvalue weighted by atomic mass is 10.0. The molecule has 0 bridgehead atoms. The Morgan fingerprint density at radius 1 is 1.16 bits per heavy atom. The molecule has 1 saturated heterocycles. The molecule has 1 atom stereocenters. The van der Waals surface area contributed by atoms with Gasteiger partial charge in [-0.1, -0.05) is 26.2 Å². The molecule has 1 rings (SSSR count). The molecular formula is C15H30N2O2. The first-order valence-corrected chi connectivity index (χ1v) is 7.75. The molecule has 0 aromatic rings. The Kier molecular flexibility index (Phi) is 8.07. The van der Waals surface area contributed by atoms with Crippen LogP contribution in [0.25, 0.3) is 0 Å². The molecular weight excluding hydrogens is 240 g/mol. The van der Waals surface area contributed by atoms with Gasteiger partial charge in [-0.25, -0.2) is 0 Å². The van der Waals surface area contributed by atoms with Crippen molar-refractivity contribution in [1.29, 1.82) is 0 Å². The molecule has 1 fully saturated rings. The second-order valence-corrected chi connectivity index (χ2v) is 5.50. The van der Waals surface area contributed by atoms with Crippen LogP contribution in [-0.4, -0.2) is 61.6 Å². The number of esters is 1. The zero-order valence-electron chi connectivity index (χ0n) is 12.9. The van der Waals surface area contributed by atoms with E-state index in [0.29, 0.717) is 19.1 Å². The van der Waals surface area contributed by atoms with Gasteiger partial charge < -0.3 is 9.64 Å². The summed E-state index contributed by atoms with van der Waals surface area (Å²) in [5, 5.41) is 0. The first-order chi connectivity index (χ1) is 9.17. The quantitative estimate of drug-likeness (QED) is 0.500. The zero-order chi connectivity index (χ0) is 14.1. The number of hydrogen-bond acceptors (Lipinski definition) is 4. The topological polar surface area (TPSA) is 32.8 Å². The fraction of sp³-hybridized carbons (Fsp3) is 0.933. The van der Waals surface area contributed by atoms with E-state index < -0.39 is 0 Å². The van der Waals surface area contributed by atoms with Gasteiger partial charge >= 0.3 is 5.97 Å². The Hall–Kier alpha value is -0.610. The Bertz CT molecular complexity index is 251. The van der Waals surface area contributed by atoms with E-state index in [9.17, 15) is 4.79 Å². The van der Waals surface area contributed by atoms with Crippen molar-refractivity contribution in [3.05, 3.63) is 0 Å². The van der Waals surface area contributed by atoms with Gasteiger partial charge in [0.25, 0.3) is 0 Å². The van der Waals surface area contributed by atoms with Crippen LogP contribution in [0.3, 0.4) is 0 Å². The SMILES string of the molecule is CCCCCC(CC(=O)OCC)N1CCN(C)CC1. The Morgan fingerprint density at radius 3 is 2.42 bits per heavy atom. The van der Waals surface area contributed by atoms with E-state index in [0.717, 1.165) is 32.6 Å². The van der Waals surface area contributed by atoms with Crippen LogP contribution in [0.1, 0.15) is 46.0 Å². The molecule has 0 N–H and O–H groups in total. The molecule has 0 amide bonds. The molecule has 0 aliphatic carbocycles. The van der Waals surface area contributed by atoms with Crippen molar-refractivity contribution >= 4 is 5.97 Å². The minimum Gasteiger partial charge on any atom is -0.466 e. The summed E-state index contributed by atoms with van der Waals surface area (Å²) >= 11 is 0. The second-order valence-electron chi connectivity index (χ2n) is 5.50. The molecule has 19 heavy (non-hydrogen) atoms. The van der Waals surface area contributed by atoms with Crippen molar-refractivity contribution in [1.82, 2.24) is 9.80 Å². The number of carbonyl (C=O) groups excluding carboxylic acids is 1. The lowest BCUT2D eigenvalue weighted by Crippen LogP contribution is -2.49. The van der Waals surface area contributed by atoms with Gasteiger partial charge in [0.2, 0.25) is 0 Å². The number of nitrogens with zero attached hydrogens (tertiary/aromatic N) is 2. The van der Waals surface area contributed by atoms with Crippen LogP contribution in [0.5, 0.6) is 0 Å². The third kappa shape index (κ3) is 6.39. The van der Waals surface area contributed by atoms with Crippen LogP contribution < -0.4 is 0 Å². The fourth-order valence-corrected chi connectivity index (χ4v) is 2.64. The highest BCUT2D eigenvalue weighted by molar-refractivity contribution is 5.70. The smallest absolute Gasteiger partial charge is 0.307 e. The number of piperazine rings is 1.